The van der Waals surface area contributed by atoms with Crippen LogP contribution in [0.1, 0.15) is 22.9 Å². The minimum Gasteiger partial charge on any atom is -0.387 e. The van der Waals surface area contributed by atoms with E-state index in [1.54, 1.807) is 12.3 Å². The van der Waals surface area contributed by atoms with Crippen LogP contribution in [0, 0.1) is 6.92 Å². The van der Waals surface area contributed by atoms with Gasteiger partial charge < -0.3 is 30.6 Å². The van der Waals surface area contributed by atoms with Crippen molar-refractivity contribution in [2.45, 2.75) is 17.5 Å². The molecule has 5 N–H and O–H groups in total. The summed E-state index contributed by atoms with van der Waals surface area (Å²) in [6.07, 6.45) is 0.850. The number of nitrogens with one attached hydrogen (secondary N) is 4. The molecule has 1 fully saturated rings. The van der Waals surface area contributed by atoms with E-state index in [9.17, 15) is 9.90 Å². The van der Waals surface area contributed by atoms with Crippen molar-refractivity contribution in [3.05, 3.63) is 63.7 Å². The lowest BCUT2D eigenvalue weighted by Gasteiger charge is -2.27. The molecule has 35 heavy (non-hydrogen) atoms. The first kappa shape index (κ1) is 23.7. The average Bonchev–Trinajstić information content (AvgIpc) is 3.32. The van der Waals surface area contributed by atoms with E-state index in [2.05, 4.69) is 63.0 Å². The van der Waals surface area contributed by atoms with Crippen molar-refractivity contribution in [2.24, 2.45) is 0 Å². The number of aromatic nitrogens is 5. The number of aryl methyl sites for hydroxylation is 1. The van der Waals surface area contributed by atoms with Gasteiger partial charge in [0, 0.05) is 43.3 Å². The van der Waals surface area contributed by atoms with Crippen LogP contribution in [0.4, 0.5) is 11.6 Å². The number of alkyl halides is 1. The molecular weight excluding hydrogens is 559 g/mol. The van der Waals surface area contributed by atoms with Gasteiger partial charge in [0.05, 0.1) is 17.5 Å². The zero-order valence-electron chi connectivity index (χ0n) is 19.3. The van der Waals surface area contributed by atoms with Crippen molar-refractivity contribution in [3.63, 3.8) is 0 Å². The van der Waals surface area contributed by atoms with E-state index in [0.29, 0.717) is 34.2 Å². The Balaban J connectivity index is 1.44. The third-order valence-corrected chi connectivity index (χ3v) is 6.97. The number of rotatable bonds is 7. The Kier molecular flexibility index (Phi) is 6.97. The number of halogens is 1. The Morgan fingerprint density at radius 2 is 2.03 bits per heavy atom. The molecule has 0 amide bonds. The number of pyridine rings is 1. The number of benzene rings is 1. The second-order valence-corrected chi connectivity index (χ2v) is 9.26. The monoisotopic (exact) mass is 586 g/mol. The maximum Gasteiger partial charge on any atom is 0.261 e. The minimum absolute atomic E-state index is 0.243. The number of anilines is 2. The van der Waals surface area contributed by atoms with Crippen LogP contribution in [0.3, 0.4) is 0 Å². The van der Waals surface area contributed by atoms with Gasteiger partial charge in [0.15, 0.2) is 5.65 Å². The van der Waals surface area contributed by atoms with Gasteiger partial charge in [-0.1, -0.05) is 46.9 Å². The lowest BCUT2D eigenvalue weighted by molar-refractivity contribution is 0.191. The first-order chi connectivity index (χ1) is 17.0. The second-order valence-electron chi connectivity index (χ2n) is 8.50. The molecular formula is C24H27IN8O2. The summed E-state index contributed by atoms with van der Waals surface area (Å²) in [5, 5.41) is 17.3. The second kappa shape index (κ2) is 10.3. The molecule has 1 atom stereocenters. The smallest absolute Gasteiger partial charge is 0.261 e. The molecule has 182 valence electrons. The highest BCUT2D eigenvalue weighted by atomic mass is 127. The number of hydrogen-bond acceptors (Lipinski definition) is 8. The van der Waals surface area contributed by atoms with Crippen molar-refractivity contribution >= 4 is 45.4 Å². The predicted octanol–water partition coefficient (Wildman–Crippen LogP) is 2.51. The summed E-state index contributed by atoms with van der Waals surface area (Å²) < 4.78 is 0.870. The number of imidazole rings is 1. The molecule has 1 saturated heterocycles. The zero-order chi connectivity index (χ0) is 24.4. The summed E-state index contributed by atoms with van der Waals surface area (Å²) in [4.78, 5) is 34.9. The third kappa shape index (κ3) is 5.02. The van der Waals surface area contributed by atoms with Crippen LogP contribution >= 0.6 is 22.6 Å². The van der Waals surface area contributed by atoms with Crippen LogP contribution in [0.25, 0.3) is 22.6 Å². The average molecular weight is 586 g/mol. The van der Waals surface area contributed by atoms with Crippen LogP contribution in [-0.2, 0) is 4.43 Å². The largest absolute Gasteiger partial charge is 0.387 e. The van der Waals surface area contributed by atoms with Gasteiger partial charge >= 0.3 is 0 Å². The van der Waals surface area contributed by atoms with Crippen molar-refractivity contribution in [1.82, 2.24) is 30.2 Å². The summed E-state index contributed by atoms with van der Waals surface area (Å²) in [6, 6.07) is 9.64. The third-order valence-electron chi connectivity index (χ3n) is 6.09. The van der Waals surface area contributed by atoms with E-state index in [0.717, 1.165) is 47.4 Å². The quantitative estimate of drug-likeness (QED) is 0.165. The Morgan fingerprint density at radius 3 is 2.83 bits per heavy atom. The Hall–Kier alpha value is -3.03. The standard InChI is InChI=1S/C24H27IN8O2/c1-14-20-22(32-24(29-14)33-9-7-26-8-10-33)31-21(30-20)19-17(5-6-27-23(19)35)28-13-18(34)16-4-2-3-15(11-16)12-25/h2-6,11,18,26,34H,7-10,12-13H2,1H3,(H2,27,28,35)(H,29,30,31,32)/t18-/m1/s1. The fraction of sp³-hybridized carbons (Fsp3) is 0.333. The first-order valence-corrected chi connectivity index (χ1v) is 13.0. The minimum atomic E-state index is -0.726. The van der Waals surface area contributed by atoms with Gasteiger partial charge in [-0.2, -0.15) is 4.98 Å². The van der Waals surface area contributed by atoms with E-state index in [4.69, 9.17) is 0 Å². The van der Waals surface area contributed by atoms with Crippen molar-refractivity contribution in [2.75, 3.05) is 42.9 Å². The van der Waals surface area contributed by atoms with Gasteiger partial charge in [0.25, 0.3) is 5.56 Å². The number of aromatic amines is 2. The zero-order valence-corrected chi connectivity index (χ0v) is 21.5. The van der Waals surface area contributed by atoms with Gasteiger partial charge in [-0.15, -0.1) is 0 Å². The molecule has 1 aliphatic rings. The molecule has 1 aromatic carbocycles. The van der Waals surface area contributed by atoms with E-state index in [1.807, 2.05) is 31.2 Å². The number of aliphatic hydroxyl groups excluding tert-OH is 1. The highest BCUT2D eigenvalue weighted by molar-refractivity contribution is 14.1. The number of nitrogens with zero attached hydrogens (tertiary/aromatic N) is 4. The highest BCUT2D eigenvalue weighted by Crippen LogP contribution is 2.26. The van der Waals surface area contributed by atoms with Gasteiger partial charge in [-0.25, -0.2) is 9.97 Å². The van der Waals surface area contributed by atoms with Crippen molar-refractivity contribution in [3.8, 4) is 11.4 Å². The highest BCUT2D eigenvalue weighted by Gasteiger charge is 2.20. The number of fused-ring (bicyclic) bond motifs is 1. The fourth-order valence-electron chi connectivity index (χ4n) is 4.22. The Labute approximate surface area is 215 Å². The van der Waals surface area contributed by atoms with Crippen molar-refractivity contribution < 1.29 is 5.11 Å². The lowest BCUT2D eigenvalue weighted by Crippen LogP contribution is -2.44. The van der Waals surface area contributed by atoms with Crippen LogP contribution < -0.4 is 21.1 Å². The molecule has 1 aliphatic heterocycles. The molecule has 10 nitrogen and oxygen atoms in total. The Morgan fingerprint density at radius 1 is 1.20 bits per heavy atom. The van der Waals surface area contributed by atoms with Crippen molar-refractivity contribution in [1.29, 1.82) is 0 Å². The van der Waals surface area contributed by atoms with Crippen LogP contribution in [0.2, 0.25) is 0 Å². The molecule has 4 aromatic rings. The molecule has 3 aromatic heterocycles. The molecule has 11 heteroatoms. The summed E-state index contributed by atoms with van der Waals surface area (Å²) in [5.74, 6) is 1.05. The molecule has 0 saturated carbocycles. The molecule has 4 heterocycles. The topological polar surface area (TPSA) is 135 Å². The van der Waals surface area contributed by atoms with Gasteiger partial charge in [0.1, 0.15) is 16.9 Å². The molecule has 0 radical (unpaired) electrons. The fourth-order valence-corrected chi connectivity index (χ4v) is 4.69. The summed E-state index contributed by atoms with van der Waals surface area (Å²) in [5.41, 5.74) is 4.62. The van der Waals surface area contributed by atoms with Crippen LogP contribution in [0.5, 0.6) is 0 Å². The van der Waals surface area contributed by atoms with Gasteiger partial charge in [-0.3, -0.25) is 4.79 Å². The van der Waals surface area contributed by atoms with E-state index in [1.165, 1.54) is 0 Å². The van der Waals surface area contributed by atoms with E-state index < -0.39 is 6.10 Å². The van der Waals surface area contributed by atoms with Crippen LogP contribution in [0.15, 0.2) is 41.3 Å². The summed E-state index contributed by atoms with van der Waals surface area (Å²) >= 11 is 2.30. The number of aliphatic hydroxyl groups is 1. The number of piperazine rings is 1. The lowest BCUT2D eigenvalue weighted by atomic mass is 10.1. The predicted molar refractivity (Wildman–Crippen MR) is 145 cm³/mol. The van der Waals surface area contributed by atoms with Gasteiger partial charge in [0.2, 0.25) is 5.95 Å². The van der Waals surface area contributed by atoms with Gasteiger partial charge in [-0.05, 0) is 24.1 Å². The molecule has 0 bridgehead atoms. The first-order valence-electron chi connectivity index (χ1n) is 11.5. The maximum absolute atomic E-state index is 12.8. The number of hydrogen-bond donors (Lipinski definition) is 5. The normalized spacial score (nSPS) is 14.9. The van der Waals surface area contributed by atoms with Crippen LogP contribution in [-0.4, -0.2) is 62.8 Å². The SMILES string of the molecule is Cc1nc(N2CCNCC2)nc2nc(-c3c(NC[C@@H](O)c4cccc(CI)c4)cc[nH]c3=O)[nH]c12. The summed E-state index contributed by atoms with van der Waals surface area (Å²) in [7, 11) is 0. The number of H-pyrrole nitrogens is 2. The molecule has 0 unspecified atom stereocenters. The summed E-state index contributed by atoms with van der Waals surface area (Å²) in [6.45, 7) is 5.58. The molecule has 0 aliphatic carbocycles. The van der Waals surface area contributed by atoms with E-state index >= 15 is 0 Å². The maximum atomic E-state index is 12.8. The van der Waals surface area contributed by atoms with E-state index in [-0.39, 0.29) is 12.1 Å². The Bertz CT molecular complexity index is 1400. The molecule has 5 rings (SSSR count). The molecule has 0 spiro atoms.